The van der Waals surface area contributed by atoms with Crippen molar-refractivity contribution in [3.63, 3.8) is 0 Å². The number of halogens is 4. The van der Waals surface area contributed by atoms with E-state index in [1.165, 1.54) is 12.1 Å². The highest BCUT2D eigenvalue weighted by molar-refractivity contribution is 14.1. The zero-order valence-electron chi connectivity index (χ0n) is 10.4. The van der Waals surface area contributed by atoms with Crippen LogP contribution in [0.1, 0.15) is 22.8 Å². The number of aliphatic hydroxyl groups is 1. The highest BCUT2D eigenvalue weighted by Crippen LogP contribution is 2.29. The number of hydrogen-bond donors (Lipinski definition) is 1. The first-order valence-corrected chi connectivity index (χ1v) is 7.04. The Bertz CT molecular complexity index is 578. The van der Waals surface area contributed by atoms with E-state index in [0.29, 0.717) is 5.56 Å². The van der Waals surface area contributed by atoms with Crippen molar-refractivity contribution in [1.82, 2.24) is 0 Å². The van der Waals surface area contributed by atoms with Crippen LogP contribution in [0.15, 0.2) is 48.5 Å². The third-order valence-corrected chi connectivity index (χ3v) is 3.61. The molecule has 0 saturated carbocycles. The summed E-state index contributed by atoms with van der Waals surface area (Å²) < 4.78 is 38.3. The van der Waals surface area contributed by atoms with Gasteiger partial charge in [0.2, 0.25) is 0 Å². The minimum atomic E-state index is -4.33. The Kier molecular flexibility index (Phi) is 4.70. The fraction of sp³-hybridized carbons (Fsp3) is 0.200. The first-order valence-electron chi connectivity index (χ1n) is 5.96. The highest BCUT2D eigenvalue weighted by Gasteiger charge is 2.29. The second-order valence-electron chi connectivity index (χ2n) is 4.47. The van der Waals surface area contributed by atoms with Gasteiger partial charge in [0, 0.05) is 9.99 Å². The molecule has 0 amide bonds. The molecule has 0 aliphatic rings. The summed E-state index contributed by atoms with van der Waals surface area (Å²) in [6.45, 7) is 0. The molecule has 0 radical (unpaired) electrons. The predicted octanol–water partition coefficient (Wildman–Crippen LogP) is 4.59. The Balaban J connectivity index is 2.10. The standard InChI is InChI=1S/C15H12F3IO/c16-15(17,18)12-6-4-10(5-7-12)8-14(20)11-2-1-3-13(19)9-11/h1-7,9,14,20H,8H2. The molecule has 0 fully saturated rings. The normalized spacial score (nSPS) is 13.2. The van der Waals surface area contributed by atoms with Crippen LogP contribution in [0.4, 0.5) is 13.2 Å². The summed E-state index contributed by atoms with van der Waals surface area (Å²) in [5.41, 5.74) is 0.756. The van der Waals surface area contributed by atoms with E-state index < -0.39 is 17.8 Å². The quantitative estimate of drug-likeness (QED) is 0.758. The Hall–Kier alpha value is -1.08. The van der Waals surface area contributed by atoms with Crippen molar-refractivity contribution < 1.29 is 18.3 Å². The molecule has 0 heterocycles. The van der Waals surface area contributed by atoms with Gasteiger partial charge in [0.05, 0.1) is 11.7 Å². The summed E-state index contributed by atoms with van der Waals surface area (Å²) in [5, 5.41) is 10.1. The molecule has 2 aromatic rings. The van der Waals surface area contributed by atoms with Crippen molar-refractivity contribution in [1.29, 1.82) is 0 Å². The molecule has 106 valence electrons. The second-order valence-corrected chi connectivity index (χ2v) is 5.72. The lowest BCUT2D eigenvalue weighted by atomic mass is 10.0. The SMILES string of the molecule is OC(Cc1ccc(C(F)(F)F)cc1)c1cccc(I)c1. The van der Waals surface area contributed by atoms with Gasteiger partial charge in [-0.05, 0) is 58.0 Å². The number of benzene rings is 2. The molecular formula is C15H12F3IO. The van der Waals surface area contributed by atoms with Crippen molar-refractivity contribution in [3.05, 3.63) is 68.8 Å². The van der Waals surface area contributed by atoms with Crippen LogP contribution in [0.2, 0.25) is 0 Å². The van der Waals surface area contributed by atoms with Crippen molar-refractivity contribution in [3.8, 4) is 0 Å². The Morgan fingerprint density at radius 2 is 1.70 bits per heavy atom. The summed E-state index contributed by atoms with van der Waals surface area (Å²) in [5.74, 6) is 0. The van der Waals surface area contributed by atoms with E-state index in [4.69, 9.17) is 0 Å². The average Bonchev–Trinajstić information content (AvgIpc) is 2.38. The minimum Gasteiger partial charge on any atom is -0.388 e. The van der Waals surface area contributed by atoms with Crippen molar-refractivity contribution >= 4 is 22.6 Å². The number of aliphatic hydroxyl groups excluding tert-OH is 1. The molecule has 0 saturated heterocycles. The minimum absolute atomic E-state index is 0.290. The molecule has 0 aromatic heterocycles. The van der Waals surface area contributed by atoms with Crippen LogP contribution in [0.25, 0.3) is 0 Å². The molecule has 0 aliphatic carbocycles. The van der Waals surface area contributed by atoms with Crippen LogP contribution in [0.3, 0.4) is 0 Å². The van der Waals surface area contributed by atoms with Crippen molar-refractivity contribution in [2.45, 2.75) is 18.7 Å². The molecule has 2 aromatic carbocycles. The highest BCUT2D eigenvalue weighted by atomic mass is 127. The van der Waals surface area contributed by atoms with Crippen molar-refractivity contribution in [2.24, 2.45) is 0 Å². The second kappa shape index (κ2) is 6.13. The molecule has 5 heteroatoms. The maximum Gasteiger partial charge on any atom is 0.416 e. The molecule has 0 spiro atoms. The Morgan fingerprint density at radius 3 is 2.25 bits per heavy atom. The first-order chi connectivity index (χ1) is 9.36. The summed E-state index contributed by atoms with van der Waals surface area (Å²) in [6, 6.07) is 12.3. The first kappa shape index (κ1) is 15.3. The molecule has 0 bridgehead atoms. The lowest BCUT2D eigenvalue weighted by Gasteiger charge is -2.12. The van der Waals surface area contributed by atoms with Gasteiger partial charge in [0.25, 0.3) is 0 Å². The van der Waals surface area contributed by atoms with Crippen LogP contribution in [-0.2, 0) is 12.6 Å². The maximum absolute atomic E-state index is 12.4. The van der Waals surface area contributed by atoms with Gasteiger partial charge in [-0.15, -0.1) is 0 Å². The molecule has 20 heavy (non-hydrogen) atoms. The maximum atomic E-state index is 12.4. The van der Waals surface area contributed by atoms with Gasteiger partial charge in [-0.3, -0.25) is 0 Å². The third-order valence-electron chi connectivity index (χ3n) is 2.94. The van der Waals surface area contributed by atoms with Gasteiger partial charge in [0.15, 0.2) is 0 Å². The van der Waals surface area contributed by atoms with Crippen LogP contribution in [0, 0.1) is 3.57 Å². The third kappa shape index (κ3) is 3.96. The molecule has 1 nitrogen and oxygen atoms in total. The Labute approximate surface area is 128 Å². The molecule has 1 unspecified atom stereocenters. The fourth-order valence-corrected chi connectivity index (χ4v) is 2.45. The summed E-state index contributed by atoms with van der Waals surface area (Å²) in [7, 11) is 0. The van der Waals surface area contributed by atoms with E-state index in [1.54, 1.807) is 6.07 Å². The summed E-state index contributed by atoms with van der Waals surface area (Å²) >= 11 is 2.15. The van der Waals surface area contributed by atoms with E-state index >= 15 is 0 Å². The number of hydrogen-bond acceptors (Lipinski definition) is 1. The van der Waals surface area contributed by atoms with Crippen molar-refractivity contribution in [2.75, 3.05) is 0 Å². The van der Waals surface area contributed by atoms with Gasteiger partial charge < -0.3 is 5.11 Å². The largest absolute Gasteiger partial charge is 0.416 e. The van der Waals surface area contributed by atoms with Crippen LogP contribution >= 0.6 is 22.6 Å². The lowest BCUT2D eigenvalue weighted by molar-refractivity contribution is -0.137. The fourth-order valence-electron chi connectivity index (χ4n) is 1.88. The average molecular weight is 392 g/mol. The molecule has 1 N–H and O–H groups in total. The van der Waals surface area contributed by atoms with Gasteiger partial charge >= 0.3 is 6.18 Å². The molecular weight excluding hydrogens is 380 g/mol. The lowest BCUT2D eigenvalue weighted by Crippen LogP contribution is -2.06. The van der Waals surface area contributed by atoms with Crippen LogP contribution in [-0.4, -0.2) is 5.11 Å². The molecule has 2 rings (SSSR count). The smallest absolute Gasteiger partial charge is 0.388 e. The van der Waals surface area contributed by atoms with E-state index in [1.807, 2.05) is 18.2 Å². The van der Waals surface area contributed by atoms with Crippen LogP contribution < -0.4 is 0 Å². The zero-order chi connectivity index (χ0) is 14.8. The van der Waals surface area contributed by atoms with E-state index in [9.17, 15) is 18.3 Å². The van der Waals surface area contributed by atoms with Gasteiger partial charge in [-0.2, -0.15) is 13.2 Å². The van der Waals surface area contributed by atoms with Gasteiger partial charge in [-0.25, -0.2) is 0 Å². The molecule has 0 aliphatic heterocycles. The summed E-state index contributed by atoms with van der Waals surface area (Å²) in [6.07, 6.45) is -4.76. The number of alkyl halides is 3. The van der Waals surface area contributed by atoms with E-state index in [-0.39, 0.29) is 6.42 Å². The monoisotopic (exact) mass is 392 g/mol. The van der Waals surface area contributed by atoms with Gasteiger partial charge in [-0.1, -0.05) is 24.3 Å². The van der Waals surface area contributed by atoms with E-state index in [2.05, 4.69) is 22.6 Å². The molecule has 1 atom stereocenters. The van der Waals surface area contributed by atoms with Crippen LogP contribution in [0.5, 0.6) is 0 Å². The zero-order valence-corrected chi connectivity index (χ0v) is 12.5. The van der Waals surface area contributed by atoms with Gasteiger partial charge in [0.1, 0.15) is 0 Å². The number of rotatable bonds is 3. The Morgan fingerprint density at radius 1 is 1.05 bits per heavy atom. The predicted molar refractivity (Wildman–Crippen MR) is 79.3 cm³/mol. The summed E-state index contributed by atoms with van der Waals surface area (Å²) in [4.78, 5) is 0. The topological polar surface area (TPSA) is 20.2 Å². The van der Waals surface area contributed by atoms with E-state index in [0.717, 1.165) is 21.3 Å².